The molecule has 0 aromatic heterocycles. The van der Waals surface area contributed by atoms with Gasteiger partial charge < -0.3 is 9.80 Å². The Labute approximate surface area is 175 Å². The van der Waals surface area contributed by atoms with Gasteiger partial charge in [0, 0.05) is 36.9 Å². The molecule has 2 amide bonds. The molecule has 28 heavy (non-hydrogen) atoms. The molecule has 0 N–H and O–H groups in total. The Morgan fingerprint density at radius 1 is 1.21 bits per heavy atom. The molecule has 8 heteroatoms. The van der Waals surface area contributed by atoms with Gasteiger partial charge in [-0.05, 0) is 42.9 Å². The summed E-state index contributed by atoms with van der Waals surface area (Å²) in [5, 5.41) is 0. The van der Waals surface area contributed by atoms with E-state index < -0.39 is 9.84 Å². The molecule has 1 aromatic rings. The topological polar surface area (TPSA) is 74.8 Å². The smallest absolute Gasteiger partial charge is 0.226 e. The van der Waals surface area contributed by atoms with E-state index >= 15 is 0 Å². The van der Waals surface area contributed by atoms with Gasteiger partial charge in [-0.3, -0.25) is 9.59 Å². The fourth-order valence-corrected chi connectivity index (χ4v) is 6.21. The third-order valence-electron chi connectivity index (χ3n) is 5.53. The lowest BCUT2D eigenvalue weighted by Gasteiger charge is -2.31. The van der Waals surface area contributed by atoms with Crippen LogP contribution in [-0.4, -0.2) is 50.5 Å². The van der Waals surface area contributed by atoms with E-state index in [0.29, 0.717) is 48.6 Å². The molecule has 0 saturated carbocycles. The average Bonchev–Trinajstić information content (AvgIpc) is 3.08. The number of amides is 2. The highest BCUT2D eigenvalue weighted by Gasteiger charge is 2.32. The van der Waals surface area contributed by atoms with Gasteiger partial charge in [-0.15, -0.1) is 0 Å². The largest absolute Gasteiger partial charge is 0.342 e. The van der Waals surface area contributed by atoms with E-state index in [4.69, 9.17) is 0 Å². The molecule has 1 aromatic carbocycles. The maximum Gasteiger partial charge on any atom is 0.226 e. The molecule has 0 bridgehead atoms. The maximum absolute atomic E-state index is 13.1. The Kier molecular flexibility index (Phi) is 6.49. The lowest BCUT2D eigenvalue weighted by molar-refractivity contribution is -0.132. The van der Waals surface area contributed by atoms with Crippen LogP contribution < -0.4 is 4.90 Å². The van der Waals surface area contributed by atoms with Crippen molar-refractivity contribution in [1.82, 2.24) is 4.90 Å². The Morgan fingerprint density at radius 2 is 1.96 bits per heavy atom. The molecular formula is C20H27BrN2O4S. The van der Waals surface area contributed by atoms with Crippen molar-refractivity contribution in [2.45, 2.75) is 50.8 Å². The first kappa shape index (κ1) is 21.3. The van der Waals surface area contributed by atoms with E-state index in [0.717, 1.165) is 18.4 Å². The quantitative estimate of drug-likeness (QED) is 0.661. The van der Waals surface area contributed by atoms with Crippen molar-refractivity contribution < 1.29 is 18.0 Å². The lowest BCUT2D eigenvalue weighted by Crippen LogP contribution is -2.39. The molecule has 1 fully saturated rings. The molecule has 2 heterocycles. The fraction of sp³-hybridized carbons (Fsp3) is 0.600. The molecule has 0 radical (unpaired) electrons. The van der Waals surface area contributed by atoms with Crippen LogP contribution in [-0.2, 0) is 25.8 Å². The maximum atomic E-state index is 13.1. The first-order valence-electron chi connectivity index (χ1n) is 9.86. The summed E-state index contributed by atoms with van der Waals surface area (Å²) in [6, 6.07) is 3.43. The Morgan fingerprint density at radius 3 is 2.64 bits per heavy atom. The minimum absolute atomic E-state index is 0.0297. The van der Waals surface area contributed by atoms with Gasteiger partial charge in [-0.25, -0.2) is 8.42 Å². The number of halogens is 1. The molecule has 0 unspecified atom stereocenters. The van der Waals surface area contributed by atoms with E-state index in [9.17, 15) is 18.0 Å². The SMILES string of the molecule is CCC(=O)N1CCc2cc(Br)cc(S(=O)(=O)CCC(=O)N3CCC[C@H](C)C3)c21. The van der Waals surface area contributed by atoms with Gasteiger partial charge in [0.15, 0.2) is 9.84 Å². The summed E-state index contributed by atoms with van der Waals surface area (Å²) < 4.78 is 26.9. The molecular weight excluding hydrogens is 444 g/mol. The van der Waals surface area contributed by atoms with Crippen molar-refractivity contribution in [3.05, 3.63) is 22.2 Å². The Hall–Kier alpha value is -1.41. The van der Waals surface area contributed by atoms with Crippen LogP contribution >= 0.6 is 15.9 Å². The number of piperidine rings is 1. The number of anilines is 1. The summed E-state index contributed by atoms with van der Waals surface area (Å²) in [4.78, 5) is 28.3. The highest BCUT2D eigenvalue weighted by atomic mass is 79.9. The molecule has 0 aliphatic carbocycles. The minimum atomic E-state index is -3.70. The lowest BCUT2D eigenvalue weighted by atomic mass is 10.0. The van der Waals surface area contributed by atoms with E-state index in [1.54, 1.807) is 22.8 Å². The highest BCUT2D eigenvalue weighted by molar-refractivity contribution is 9.10. The van der Waals surface area contributed by atoms with Crippen LogP contribution in [0.15, 0.2) is 21.5 Å². The number of nitrogens with zero attached hydrogens (tertiary/aromatic N) is 2. The van der Waals surface area contributed by atoms with Crippen LogP contribution in [0, 0.1) is 5.92 Å². The van der Waals surface area contributed by atoms with Crippen molar-refractivity contribution in [3.8, 4) is 0 Å². The van der Waals surface area contributed by atoms with Crippen LogP contribution in [0.4, 0.5) is 5.69 Å². The van der Waals surface area contributed by atoms with Crippen molar-refractivity contribution in [1.29, 1.82) is 0 Å². The predicted octanol–water partition coefficient (Wildman–Crippen LogP) is 3.17. The van der Waals surface area contributed by atoms with Gasteiger partial charge in [0.05, 0.1) is 16.3 Å². The van der Waals surface area contributed by atoms with Gasteiger partial charge in [-0.2, -0.15) is 0 Å². The predicted molar refractivity (Wildman–Crippen MR) is 112 cm³/mol. The monoisotopic (exact) mass is 470 g/mol. The Bertz CT molecular complexity index is 884. The molecule has 1 atom stereocenters. The molecule has 3 rings (SSSR count). The van der Waals surface area contributed by atoms with Crippen LogP contribution in [0.2, 0.25) is 0 Å². The molecule has 1 saturated heterocycles. The van der Waals surface area contributed by atoms with E-state index in [1.165, 1.54) is 0 Å². The molecule has 2 aliphatic rings. The van der Waals surface area contributed by atoms with Crippen LogP contribution in [0.1, 0.15) is 45.1 Å². The van der Waals surface area contributed by atoms with Crippen molar-refractivity contribution in [3.63, 3.8) is 0 Å². The first-order chi connectivity index (χ1) is 13.2. The second-order valence-corrected chi connectivity index (χ2v) is 10.7. The average molecular weight is 471 g/mol. The number of hydrogen-bond donors (Lipinski definition) is 0. The number of carbonyl (C=O) groups is 2. The molecule has 154 valence electrons. The summed E-state index contributed by atoms with van der Waals surface area (Å²) in [5.41, 5.74) is 1.35. The van der Waals surface area contributed by atoms with Gasteiger partial charge in [0.25, 0.3) is 0 Å². The number of rotatable bonds is 5. The zero-order chi connectivity index (χ0) is 20.5. The summed E-state index contributed by atoms with van der Waals surface area (Å²) in [6.07, 6.45) is 2.99. The third-order valence-corrected chi connectivity index (χ3v) is 7.71. The van der Waals surface area contributed by atoms with E-state index in [1.807, 2.05) is 6.07 Å². The van der Waals surface area contributed by atoms with Gasteiger partial charge >= 0.3 is 0 Å². The van der Waals surface area contributed by atoms with E-state index in [2.05, 4.69) is 22.9 Å². The molecule has 2 aliphatic heterocycles. The van der Waals surface area contributed by atoms with Crippen LogP contribution in [0.5, 0.6) is 0 Å². The van der Waals surface area contributed by atoms with Gasteiger partial charge in [0.1, 0.15) is 0 Å². The summed E-state index contributed by atoms with van der Waals surface area (Å²) in [7, 11) is -3.70. The second kappa shape index (κ2) is 8.53. The number of hydrogen-bond acceptors (Lipinski definition) is 4. The standard InChI is InChI=1S/C20H27BrN2O4S/c1-3-18(24)23-9-6-15-11-16(21)12-17(20(15)23)28(26,27)10-7-19(25)22-8-4-5-14(2)13-22/h11-12,14H,3-10,13H2,1-2H3/t14-/m0/s1. The third kappa shape index (κ3) is 4.43. The van der Waals surface area contributed by atoms with Crippen molar-refractivity contribution >= 4 is 43.3 Å². The summed E-state index contributed by atoms with van der Waals surface area (Å²) in [6.45, 7) is 5.77. The van der Waals surface area contributed by atoms with Gasteiger partial charge in [0.2, 0.25) is 11.8 Å². The zero-order valence-corrected chi connectivity index (χ0v) is 18.8. The van der Waals surface area contributed by atoms with Crippen LogP contribution in [0.25, 0.3) is 0 Å². The highest BCUT2D eigenvalue weighted by Crippen LogP contribution is 2.38. The number of carbonyl (C=O) groups excluding carboxylic acids is 2. The van der Waals surface area contributed by atoms with Crippen molar-refractivity contribution in [2.24, 2.45) is 5.92 Å². The number of likely N-dealkylation sites (tertiary alicyclic amines) is 1. The minimum Gasteiger partial charge on any atom is -0.342 e. The number of sulfone groups is 1. The number of fused-ring (bicyclic) bond motifs is 1. The van der Waals surface area contributed by atoms with Crippen molar-refractivity contribution in [2.75, 3.05) is 30.3 Å². The zero-order valence-electron chi connectivity index (χ0n) is 16.4. The summed E-state index contributed by atoms with van der Waals surface area (Å²) >= 11 is 3.39. The first-order valence-corrected chi connectivity index (χ1v) is 12.3. The fourth-order valence-electron chi connectivity index (χ4n) is 4.05. The molecule has 0 spiro atoms. The second-order valence-electron chi connectivity index (χ2n) is 7.72. The molecule has 6 nitrogen and oxygen atoms in total. The number of benzene rings is 1. The van der Waals surface area contributed by atoms with E-state index in [-0.39, 0.29) is 28.9 Å². The van der Waals surface area contributed by atoms with Crippen LogP contribution in [0.3, 0.4) is 0 Å². The summed E-state index contributed by atoms with van der Waals surface area (Å²) in [5.74, 6) is 0.0174. The van der Waals surface area contributed by atoms with Gasteiger partial charge in [-0.1, -0.05) is 29.8 Å². The normalized spacial score (nSPS) is 19.6. The Balaban J connectivity index is 1.82.